The molecular formula is C15H29NO3. The third kappa shape index (κ3) is 4.77. The monoisotopic (exact) mass is 271 g/mol. The molecule has 1 unspecified atom stereocenters. The first-order valence-electron chi connectivity index (χ1n) is 7.30. The van der Waals surface area contributed by atoms with Gasteiger partial charge in [0, 0.05) is 6.04 Å². The summed E-state index contributed by atoms with van der Waals surface area (Å²) >= 11 is 0. The van der Waals surface area contributed by atoms with Crippen LogP contribution in [0.15, 0.2) is 0 Å². The molecule has 0 aromatic rings. The van der Waals surface area contributed by atoms with E-state index in [0.717, 1.165) is 12.8 Å². The molecule has 4 nitrogen and oxygen atoms in total. The van der Waals surface area contributed by atoms with E-state index in [4.69, 9.17) is 9.47 Å². The van der Waals surface area contributed by atoms with Gasteiger partial charge in [-0.1, -0.05) is 0 Å². The average Bonchev–Trinajstić information content (AvgIpc) is 3.06. The summed E-state index contributed by atoms with van der Waals surface area (Å²) in [5.41, 5.74) is -0.942. The normalized spacial score (nSPS) is 19.3. The number of nitrogens with one attached hydrogen (secondary N) is 1. The Morgan fingerprint density at radius 2 is 1.89 bits per heavy atom. The fourth-order valence-electron chi connectivity index (χ4n) is 2.24. The van der Waals surface area contributed by atoms with Gasteiger partial charge in [0.15, 0.2) is 0 Å². The van der Waals surface area contributed by atoms with E-state index in [0.29, 0.717) is 19.1 Å². The van der Waals surface area contributed by atoms with Crippen LogP contribution in [0, 0.1) is 5.92 Å². The van der Waals surface area contributed by atoms with Crippen LogP contribution in [0.1, 0.15) is 54.4 Å². The number of rotatable bonds is 7. The lowest BCUT2D eigenvalue weighted by molar-refractivity contribution is -0.159. The molecule has 19 heavy (non-hydrogen) atoms. The number of hydrogen-bond acceptors (Lipinski definition) is 4. The molecular weight excluding hydrogens is 242 g/mol. The molecule has 0 heterocycles. The van der Waals surface area contributed by atoms with Crippen LogP contribution in [-0.4, -0.2) is 36.4 Å². The van der Waals surface area contributed by atoms with Crippen LogP contribution >= 0.6 is 0 Å². The molecule has 0 bridgehead atoms. The van der Waals surface area contributed by atoms with Crippen LogP contribution in [0.5, 0.6) is 0 Å². The lowest BCUT2D eigenvalue weighted by Gasteiger charge is -2.36. The van der Waals surface area contributed by atoms with Gasteiger partial charge in [0.2, 0.25) is 0 Å². The predicted octanol–water partition coefficient (Wildman–Crippen LogP) is 2.51. The van der Waals surface area contributed by atoms with Crippen molar-refractivity contribution in [2.24, 2.45) is 5.92 Å². The first kappa shape index (κ1) is 16.4. The average molecular weight is 271 g/mol. The minimum Gasteiger partial charge on any atom is -0.465 e. The zero-order valence-corrected chi connectivity index (χ0v) is 13.2. The van der Waals surface area contributed by atoms with Gasteiger partial charge in [-0.3, -0.25) is 5.32 Å². The summed E-state index contributed by atoms with van der Waals surface area (Å²) < 4.78 is 11.2. The SMILES string of the molecule is CCOC(=O)C(COC(C)(C)C)(NC(C)C)C1CC1. The van der Waals surface area contributed by atoms with Gasteiger partial charge in [0.05, 0.1) is 18.8 Å². The van der Waals surface area contributed by atoms with E-state index in [2.05, 4.69) is 5.32 Å². The third-order valence-corrected chi connectivity index (χ3v) is 3.19. The van der Waals surface area contributed by atoms with E-state index in [9.17, 15) is 4.79 Å². The Balaban J connectivity index is 2.88. The second-order valence-electron chi connectivity index (χ2n) is 6.67. The number of carbonyl (C=O) groups excluding carboxylic acids is 1. The van der Waals surface area contributed by atoms with E-state index in [-0.39, 0.29) is 17.6 Å². The molecule has 0 amide bonds. The van der Waals surface area contributed by atoms with E-state index < -0.39 is 5.54 Å². The Kier molecular flexibility index (Phi) is 5.39. The molecule has 1 fully saturated rings. The van der Waals surface area contributed by atoms with Crippen LogP contribution in [-0.2, 0) is 14.3 Å². The number of ether oxygens (including phenoxy) is 2. The molecule has 1 aliphatic carbocycles. The van der Waals surface area contributed by atoms with Crippen molar-refractivity contribution >= 4 is 5.97 Å². The number of esters is 1. The largest absolute Gasteiger partial charge is 0.465 e. The highest BCUT2D eigenvalue weighted by molar-refractivity contribution is 5.82. The van der Waals surface area contributed by atoms with Crippen molar-refractivity contribution < 1.29 is 14.3 Å². The van der Waals surface area contributed by atoms with Gasteiger partial charge in [-0.15, -0.1) is 0 Å². The van der Waals surface area contributed by atoms with Crippen molar-refractivity contribution in [1.82, 2.24) is 5.32 Å². The summed E-state index contributed by atoms with van der Waals surface area (Å²) in [6.45, 7) is 12.7. The predicted molar refractivity (Wildman–Crippen MR) is 76.1 cm³/mol. The van der Waals surface area contributed by atoms with Gasteiger partial charge in [-0.05, 0) is 60.3 Å². The number of carbonyl (C=O) groups is 1. The second kappa shape index (κ2) is 6.23. The van der Waals surface area contributed by atoms with Crippen LogP contribution in [0.25, 0.3) is 0 Å². The molecule has 0 aromatic heterocycles. The third-order valence-electron chi connectivity index (χ3n) is 3.19. The summed E-state index contributed by atoms with van der Waals surface area (Å²) in [7, 11) is 0. The molecule has 0 saturated heterocycles. The minimum absolute atomic E-state index is 0.171. The Labute approximate surface area is 117 Å². The topological polar surface area (TPSA) is 47.6 Å². The van der Waals surface area contributed by atoms with Crippen molar-refractivity contribution in [3.8, 4) is 0 Å². The fourth-order valence-corrected chi connectivity index (χ4v) is 2.24. The zero-order chi connectivity index (χ0) is 14.7. The molecule has 0 spiro atoms. The Hall–Kier alpha value is -0.610. The van der Waals surface area contributed by atoms with Crippen LogP contribution in [0.2, 0.25) is 0 Å². The van der Waals surface area contributed by atoms with Gasteiger partial charge in [-0.2, -0.15) is 0 Å². The first-order valence-corrected chi connectivity index (χ1v) is 7.30. The van der Waals surface area contributed by atoms with Gasteiger partial charge in [0.1, 0.15) is 5.54 Å². The summed E-state index contributed by atoms with van der Waals surface area (Å²) in [4.78, 5) is 12.4. The maximum Gasteiger partial charge on any atom is 0.329 e. The maximum absolute atomic E-state index is 12.4. The molecule has 112 valence electrons. The quantitative estimate of drug-likeness (QED) is 0.723. The first-order chi connectivity index (χ1) is 8.71. The van der Waals surface area contributed by atoms with Crippen molar-refractivity contribution in [3.05, 3.63) is 0 Å². The van der Waals surface area contributed by atoms with Crippen LogP contribution < -0.4 is 5.32 Å². The van der Waals surface area contributed by atoms with Crippen molar-refractivity contribution in [1.29, 1.82) is 0 Å². The highest BCUT2D eigenvalue weighted by Gasteiger charge is 2.53. The van der Waals surface area contributed by atoms with Gasteiger partial charge < -0.3 is 9.47 Å². The molecule has 0 aliphatic heterocycles. The van der Waals surface area contributed by atoms with Crippen molar-refractivity contribution in [3.63, 3.8) is 0 Å². The second-order valence-corrected chi connectivity index (χ2v) is 6.67. The maximum atomic E-state index is 12.4. The van der Waals surface area contributed by atoms with Crippen LogP contribution in [0.4, 0.5) is 0 Å². The van der Waals surface area contributed by atoms with E-state index in [1.807, 2.05) is 41.5 Å². The van der Waals surface area contributed by atoms with Crippen LogP contribution in [0.3, 0.4) is 0 Å². The molecule has 1 aliphatic rings. The van der Waals surface area contributed by atoms with Gasteiger partial charge in [0.25, 0.3) is 0 Å². The van der Waals surface area contributed by atoms with Gasteiger partial charge >= 0.3 is 5.97 Å². The van der Waals surface area contributed by atoms with Crippen molar-refractivity contribution in [2.75, 3.05) is 13.2 Å². The summed E-state index contributed by atoms with van der Waals surface area (Å²) in [6, 6.07) is 0.216. The number of hydrogen-bond donors (Lipinski definition) is 1. The zero-order valence-electron chi connectivity index (χ0n) is 13.2. The smallest absolute Gasteiger partial charge is 0.329 e. The Morgan fingerprint density at radius 3 is 2.26 bits per heavy atom. The molecule has 1 N–H and O–H groups in total. The highest BCUT2D eigenvalue weighted by atomic mass is 16.5. The summed E-state index contributed by atoms with van der Waals surface area (Å²) in [5, 5.41) is 3.41. The van der Waals surface area contributed by atoms with Crippen molar-refractivity contribution in [2.45, 2.75) is 71.6 Å². The molecule has 1 saturated carbocycles. The lowest BCUT2D eigenvalue weighted by atomic mass is 9.92. The van der Waals surface area contributed by atoms with E-state index in [1.165, 1.54) is 0 Å². The standard InChI is InChI=1S/C15H29NO3/c1-7-18-13(17)15(12-8-9-12,16-11(2)3)10-19-14(4,5)6/h11-12,16H,7-10H2,1-6H3. The summed E-state index contributed by atoms with van der Waals surface area (Å²) in [5.74, 6) is 0.159. The molecule has 0 aromatic carbocycles. The lowest BCUT2D eigenvalue weighted by Crippen LogP contribution is -2.61. The highest BCUT2D eigenvalue weighted by Crippen LogP contribution is 2.41. The Morgan fingerprint density at radius 1 is 1.32 bits per heavy atom. The Bertz CT molecular complexity index is 305. The van der Waals surface area contributed by atoms with E-state index >= 15 is 0 Å². The molecule has 1 atom stereocenters. The fraction of sp³-hybridized carbons (Fsp3) is 0.933. The summed E-state index contributed by atoms with van der Waals surface area (Å²) in [6.07, 6.45) is 2.12. The minimum atomic E-state index is -0.683. The van der Waals surface area contributed by atoms with Gasteiger partial charge in [-0.25, -0.2) is 4.79 Å². The molecule has 4 heteroatoms. The van der Waals surface area contributed by atoms with E-state index in [1.54, 1.807) is 0 Å². The molecule has 1 rings (SSSR count). The molecule has 0 radical (unpaired) electrons.